The van der Waals surface area contributed by atoms with Gasteiger partial charge in [-0.3, -0.25) is 9.36 Å². The Bertz CT molecular complexity index is 1090. The first-order valence-electron chi connectivity index (χ1n) is 11.6. The van der Waals surface area contributed by atoms with Crippen LogP contribution >= 0.6 is 0 Å². The zero-order valence-electron chi connectivity index (χ0n) is 19.2. The smallest absolute Gasteiger partial charge is 0.295 e. The van der Waals surface area contributed by atoms with E-state index in [0.29, 0.717) is 43.6 Å². The molecule has 1 fully saturated rings. The van der Waals surface area contributed by atoms with E-state index < -0.39 is 37.5 Å². The van der Waals surface area contributed by atoms with E-state index in [1.54, 1.807) is 0 Å². The van der Waals surface area contributed by atoms with Crippen molar-refractivity contribution in [2.45, 2.75) is 94.8 Å². The number of aryl methyl sites for hydroxylation is 3. The Balaban J connectivity index is 2.29. The quantitative estimate of drug-likeness (QED) is 0.622. The summed E-state index contributed by atoms with van der Waals surface area (Å²) < 4.78 is 28.4. The van der Waals surface area contributed by atoms with Crippen molar-refractivity contribution in [2.75, 3.05) is 0 Å². The van der Waals surface area contributed by atoms with E-state index in [9.17, 15) is 23.4 Å². The first-order chi connectivity index (χ1) is 15.3. The molecule has 0 aliphatic heterocycles. The lowest BCUT2D eigenvalue weighted by molar-refractivity contribution is 0.131. The molecule has 0 bridgehead atoms. The summed E-state index contributed by atoms with van der Waals surface area (Å²) in [5.41, 5.74) is 1.71. The third-order valence-corrected chi connectivity index (χ3v) is 8.68. The number of aromatic nitrogens is 2. The molecule has 1 aliphatic carbocycles. The van der Waals surface area contributed by atoms with E-state index in [-0.39, 0.29) is 12.8 Å². The molecular weight excluding hydrogens is 428 g/mol. The zero-order chi connectivity index (χ0) is 23.5. The Hall–Kier alpha value is -2.19. The summed E-state index contributed by atoms with van der Waals surface area (Å²) in [6.45, 7) is 6.03. The molecule has 1 aliphatic rings. The highest BCUT2D eigenvalue weighted by Crippen LogP contribution is 2.34. The van der Waals surface area contributed by atoms with Gasteiger partial charge in [-0.2, -0.15) is 4.98 Å². The van der Waals surface area contributed by atoms with Crippen LogP contribution in [0.3, 0.4) is 0 Å². The molecule has 8 heteroatoms. The lowest BCUT2D eigenvalue weighted by atomic mass is 9.97. The van der Waals surface area contributed by atoms with Crippen molar-refractivity contribution in [1.82, 2.24) is 9.55 Å². The molecule has 3 rings (SSSR count). The number of benzene rings is 1. The minimum absolute atomic E-state index is 0.256. The maximum absolute atomic E-state index is 13.5. The first kappa shape index (κ1) is 24.5. The van der Waals surface area contributed by atoms with E-state index in [4.69, 9.17) is 0 Å². The Morgan fingerprint density at radius 1 is 1.06 bits per heavy atom. The number of aromatic hydroxyl groups is 1. The van der Waals surface area contributed by atoms with Crippen molar-refractivity contribution in [3.63, 3.8) is 0 Å². The summed E-state index contributed by atoms with van der Waals surface area (Å²) in [5, 5.41) is 20.3. The molecule has 1 heterocycles. The van der Waals surface area contributed by atoms with Crippen LogP contribution < -0.4 is 5.56 Å². The fourth-order valence-corrected chi connectivity index (χ4v) is 6.41. The van der Waals surface area contributed by atoms with Crippen LogP contribution in [0.2, 0.25) is 0 Å². The van der Waals surface area contributed by atoms with Gasteiger partial charge in [-0.05, 0) is 56.1 Å². The minimum atomic E-state index is -4.11. The van der Waals surface area contributed by atoms with E-state index in [0.717, 1.165) is 24.0 Å². The molecule has 0 radical (unpaired) electrons. The molecule has 176 valence electrons. The Morgan fingerprint density at radius 3 is 2.19 bits per heavy atom. The van der Waals surface area contributed by atoms with Gasteiger partial charge in [0, 0.05) is 6.42 Å². The predicted octanol–water partition coefficient (Wildman–Crippen LogP) is 3.48. The zero-order valence-corrected chi connectivity index (χ0v) is 20.0. The molecule has 1 saturated carbocycles. The maximum atomic E-state index is 13.5. The number of unbranched alkanes of at least 4 members (excludes halogenated alkanes) is 1. The van der Waals surface area contributed by atoms with Gasteiger partial charge in [-0.1, -0.05) is 45.4 Å². The lowest BCUT2D eigenvalue weighted by Gasteiger charge is -2.26. The Kier molecular flexibility index (Phi) is 7.77. The third-order valence-electron chi connectivity index (χ3n) is 6.41. The van der Waals surface area contributed by atoms with E-state index >= 15 is 0 Å². The summed E-state index contributed by atoms with van der Waals surface area (Å²) >= 11 is 0. The molecule has 1 aromatic heterocycles. The van der Waals surface area contributed by atoms with Crippen molar-refractivity contribution in [3.8, 4) is 11.6 Å². The average molecular weight is 463 g/mol. The molecule has 0 atom stereocenters. The molecule has 2 N–H and O–H groups in total. The number of aliphatic hydroxyl groups excluding tert-OH is 1. The number of sulfone groups is 1. The van der Waals surface area contributed by atoms with Crippen LogP contribution in [0.25, 0.3) is 5.69 Å². The highest BCUT2D eigenvalue weighted by Gasteiger charge is 2.37. The fraction of sp³-hybridized carbons (Fsp3) is 0.583. The second-order valence-corrected chi connectivity index (χ2v) is 10.7. The number of rotatable bonds is 8. The van der Waals surface area contributed by atoms with E-state index in [1.807, 2.05) is 39.0 Å². The van der Waals surface area contributed by atoms with Gasteiger partial charge in [-0.15, -0.1) is 0 Å². The normalized spacial score (nSPS) is 19.2. The van der Waals surface area contributed by atoms with Crippen LogP contribution in [-0.4, -0.2) is 39.5 Å². The van der Waals surface area contributed by atoms with Crippen molar-refractivity contribution in [1.29, 1.82) is 0 Å². The van der Waals surface area contributed by atoms with Gasteiger partial charge < -0.3 is 10.2 Å². The molecule has 2 aromatic rings. The second-order valence-electron chi connectivity index (χ2n) is 8.53. The molecular formula is C24H34N2O5S. The van der Waals surface area contributed by atoms with Gasteiger partial charge in [0.15, 0.2) is 14.7 Å². The molecule has 0 spiro atoms. The molecule has 0 unspecified atom stereocenters. The first-order valence-corrected chi connectivity index (χ1v) is 13.2. The summed E-state index contributed by atoms with van der Waals surface area (Å²) in [7, 11) is -4.11. The Morgan fingerprint density at radius 2 is 1.66 bits per heavy atom. The van der Waals surface area contributed by atoms with Crippen LogP contribution in [-0.2, 0) is 29.1 Å². The number of nitrogens with zero attached hydrogens (tertiary/aromatic N) is 2. The van der Waals surface area contributed by atoms with Crippen molar-refractivity contribution < 1.29 is 18.6 Å². The topological polar surface area (TPSA) is 109 Å². The van der Waals surface area contributed by atoms with Crippen LogP contribution in [0.5, 0.6) is 5.88 Å². The molecule has 0 saturated heterocycles. The third kappa shape index (κ3) is 4.62. The number of hydrogen-bond donors (Lipinski definition) is 2. The number of aliphatic hydroxyl groups is 1. The number of hydrogen-bond acceptors (Lipinski definition) is 6. The van der Waals surface area contributed by atoms with E-state index in [1.165, 1.54) is 4.57 Å². The summed E-state index contributed by atoms with van der Waals surface area (Å²) in [5.74, 6) is -0.166. The summed E-state index contributed by atoms with van der Waals surface area (Å²) in [6.07, 6.45) is 4.16. The van der Waals surface area contributed by atoms with Gasteiger partial charge in [0.25, 0.3) is 5.56 Å². The van der Waals surface area contributed by atoms with Crippen LogP contribution in [0.15, 0.2) is 27.9 Å². The predicted molar refractivity (Wildman–Crippen MR) is 124 cm³/mol. The highest BCUT2D eigenvalue weighted by atomic mass is 32.2. The monoisotopic (exact) mass is 462 g/mol. The molecule has 7 nitrogen and oxygen atoms in total. The lowest BCUT2D eigenvalue weighted by Crippen LogP contribution is -2.34. The average Bonchev–Trinajstić information content (AvgIpc) is 2.77. The van der Waals surface area contributed by atoms with Crippen molar-refractivity contribution in [3.05, 3.63) is 45.5 Å². The maximum Gasteiger partial charge on any atom is 0.295 e. The highest BCUT2D eigenvalue weighted by molar-refractivity contribution is 7.92. The molecule has 0 amide bonds. The van der Waals surface area contributed by atoms with Gasteiger partial charge in [0.2, 0.25) is 5.88 Å². The Labute approximate surface area is 190 Å². The number of para-hydroxylation sites is 1. The van der Waals surface area contributed by atoms with Crippen molar-refractivity contribution >= 4 is 9.84 Å². The largest absolute Gasteiger partial charge is 0.493 e. The minimum Gasteiger partial charge on any atom is -0.493 e. The standard InChI is InChI=1S/C24H34N2O5S/c1-4-7-11-20-25-23(28)22(32(30,31)19-14-12-18(27)13-15-19)24(29)26(20)21-16(5-2)9-8-10-17(21)6-3/h8-10,18-19,27,29H,4-7,11-15H2,1-3H3/t18-,19+. The van der Waals surface area contributed by atoms with Crippen molar-refractivity contribution in [2.24, 2.45) is 0 Å². The fourth-order valence-electron chi connectivity index (χ4n) is 4.55. The van der Waals surface area contributed by atoms with Crippen LogP contribution in [0, 0.1) is 0 Å². The molecule has 32 heavy (non-hydrogen) atoms. The van der Waals surface area contributed by atoms with Gasteiger partial charge in [-0.25, -0.2) is 8.42 Å². The van der Waals surface area contributed by atoms with Crippen LogP contribution in [0.1, 0.15) is 76.2 Å². The molecule has 1 aromatic carbocycles. The summed E-state index contributed by atoms with van der Waals surface area (Å²) in [4.78, 5) is 16.5. The van der Waals surface area contributed by atoms with Crippen LogP contribution in [0.4, 0.5) is 0 Å². The second kappa shape index (κ2) is 10.2. The van der Waals surface area contributed by atoms with E-state index in [2.05, 4.69) is 4.98 Å². The van der Waals surface area contributed by atoms with Gasteiger partial charge in [0.05, 0.1) is 17.0 Å². The van der Waals surface area contributed by atoms with Gasteiger partial charge >= 0.3 is 0 Å². The van der Waals surface area contributed by atoms with Gasteiger partial charge in [0.1, 0.15) is 5.82 Å². The summed E-state index contributed by atoms with van der Waals surface area (Å²) in [6, 6.07) is 5.85. The SMILES string of the molecule is CCCCc1nc(=O)c(S(=O)(=O)[C@H]2CC[C@@H](O)CC2)c(O)n1-c1c(CC)cccc1CC.